The summed E-state index contributed by atoms with van der Waals surface area (Å²) in [6.07, 6.45) is 3.38. The maximum atomic E-state index is 13.7. The van der Waals surface area contributed by atoms with Gasteiger partial charge in [-0.1, -0.05) is 27.4 Å². The van der Waals surface area contributed by atoms with Crippen LogP contribution in [0.2, 0.25) is 0 Å². The van der Waals surface area contributed by atoms with Crippen LogP contribution in [0.3, 0.4) is 0 Å². The minimum Gasteiger partial charge on any atom is -0.457 e. The minimum atomic E-state index is -0.618. The molecule has 0 aromatic rings. The maximum Gasteiger partial charge on any atom is 0.333 e. The van der Waals surface area contributed by atoms with Crippen molar-refractivity contribution in [3.05, 3.63) is 12.2 Å². The smallest absolute Gasteiger partial charge is 0.333 e. The SMILES string of the molecule is C=C(C)C(=O)OC12CC3CC(C1)CC(C(=O)OC1COC4C(OCOCOCC(C)(C)C)COC14)(C3)C2. The van der Waals surface area contributed by atoms with Crippen molar-refractivity contribution < 1.29 is 42.7 Å². The van der Waals surface area contributed by atoms with Crippen LogP contribution in [0.4, 0.5) is 0 Å². The maximum absolute atomic E-state index is 13.7. The number of hydrogen-bond donors (Lipinski definition) is 0. The highest BCUT2D eigenvalue weighted by Crippen LogP contribution is 2.63. The van der Waals surface area contributed by atoms with E-state index in [2.05, 4.69) is 27.4 Å². The second kappa shape index (κ2) is 10.2. The third kappa shape index (κ3) is 5.76. The quantitative estimate of drug-likeness (QED) is 0.185. The monoisotopic (exact) mass is 522 g/mol. The Morgan fingerprint density at radius 2 is 1.59 bits per heavy atom. The first-order valence-corrected chi connectivity index (χ1v) is 13.6. The second-order valence-electron chi connectivity index (χ2n) is 13.2. The first-order valence-electron chi connectivity index (χ1n) is 13.6. The highest BCUT2D eigenvalue weighted by Gasteiger charge is 2.64. The zero-order valence-corrected chi connectivity index (χ0v) is 22.6. The standard InChI is InChI=1S/C28H42O9/c1-17(2)24(29)37-28-9-18-6-19(10-28)8-27(7-18,13-28)25(30)36-21-12-34-22-20(11-33-23(21)22)35-16-32-15-31-14-26(3,4)5/h18-23H,1,6-16H2,2-5H3. The molecule has 6 rings (SSSR count). The molecule has 2 heterocycles. The molecule has 0 radical (unpaired) electrons. The molecule has 0 N–H and O–H groups in total. The lowest BCUT2D eigenvalue weighted by Crippen LogP contribution is -2.60. The second-order valence-corrected chi connectivity index (χ2v) is 13.2. The summed E-state index contributed by atoms with van der Waals surface area (Å²) in [5, 5.41) is 0. The molecule has 0 spiro atoms. The van der Waals surface area contributed by atoms with Gasteiger partial charge >= 0.3 is 11.9 Å². The van der Waals surface area contributed by atoms with Gasteiger partial charge in [0.1, 0.15) is 37.5 Å². The molecule has 6 unspecified atom stereocenters. The van der Waals surface area contributed by atoms with E-state index in [1.807, 2.05) is 0 Å². The fraction of sp³-hybridized carbons (Fsp3) is 0.857. The molecule has 0 aromatic heterocycles. The van der Waals surface area contributed by atoms with Crippen molar-refractivity contribution in [2.24, 2.45) is 22.7 Å². The molecule has 6 atom stereocenters. The summed E-state index contributed by atoms with van der Waals surface area (Å²) in [5.41, 5.74) is -0.744. The summed E-state index contributed by atoms with van der Waals surface area (Å²) >= 11 is 0. The van der Waals surface area contributed by atoms with E-state index in [0.717, 1.165) is 32.1 Å². The van der Waals surface area contributed by atoms with E-state index < -0.39 is 17.1 Å². The highest BCUT2D eigenvalue weighted by atomic mass is 16.7. The Labute approximate surface area is 219 Å². The van der Waals surface area contributed by atoms with Gasteiger partial charge in [-0.05, 0) is 56.3 Å². The Hall–Kier alpha value is -1.52. The number of hydrogen-bond acceptors (Lipinski definition) is 9. The van der Waals surface area contributed by atoms with Crippen LogP contribution in [-0.2, 0) is 42.7 Å². The molecule has 2 saturated heterocycles. The van der Waals surface area contributed by atoms with E-state index >= 15 is 0 Å². The zero-order valence-electron chi connectivity index (χ0n) is 22.6. The van der Waals surface area contributed by atoms with Gasteiger partial charge in [0.2, 0.25) is 0 Å². The van der Waals surface area contributed by atoms with Gasteiger partial charge in [0.05, 0.1) is 25.2 Å². The summed E-state index contributed by atoms with van der Waals surface area (Å²) in [4.78, 5) is 26.1. The molecule has 2 aliphatic heterocycles. The largest absolute Gasteiger partial charge is 0.457 e. The molecular weight excluding hydrogens is 480 g/mol. The molecule has 4 saturated carbocycles. The van der Waals surface area contributed by atoms with Crippen LogP contribution in [0, 0.1) is 22.7 Å². The van der Waals surface area contributed by atoms with Crippen LogP contribution < -0.4 is 0 Å². The lowest BCUT2D eigenvalue weighted by atomic mass is 9.48. The van der Waals surface area contributed by atoms with Crippen LogP contribution in [0.25, 0.3) is 0 Å². The average Bonchev–Trinajstić information content (AvgIpc) is 3.37. The molecule has 0 amide bonds. The Morgan fingerprint density at radius 1 is 0.946 bits per heavy atom. The summed E-state index contributed by atoms with van der Waals surface area (Å²) in [6.45, 7) is 13.1. The third-order valence-corrected chi connectivity index (χ3v) is 8.39. The Bertz CT molecular complexity index is 879. The van der Waals surface area contributed by atoms with Gasteiger partial charge in [-0.3, -0.25) is 4.79 Å². The molecule has 4 bridgehead atoms. The van der Waals surface area contributed by atoms with Gasteiger partial charge in [0, 0.05) is 12.0 Å². The summed E-state index contributed by atoms with van der Waals surface area (Å²) in [5.74, 6) is 0.158. The molecule has 9 heteroatoms. The van der Waals surface area contributed by atoms with E-state index in [1.165, 1.54) is 0 Å². The van der Waals surface area contributed by atoms with Crippen molar-refractivity contribution in [2.45, 2.75) is 96.2 Å². The lowest BCUT2D eigenvalue weighted by Gasteiger charge is -2.59. The lowest BCUT2D eigenvalue weighted by molar-refractivity contribution is -0.214. The van der Waals surface area contributed by atoms with Crippen molar-refractivity contribution in [3.8, 4) is 0 Å². The Kier molecular flexibility index (Phi) is 7.48. The summed E-state index contributed by atoms with van der Waals surface area (Å²) < 4.78 is 40.7. The van der Waals surface area contributed by atoms with Crippen molar-refractivity contribution in [1.82, 2.24) is 0 Å². The molecule has 9 nitrogen and oxygen atoms in total. The number of carbonyl (C=O) groups is 2. The average molecular weight is 523 g/mol. The first-order chi connectivity index (χ1) is 17.5. The summed E-state index contributed by atoms with van der Waals surface area (Å²) in [7, 11) is 0. The normalized spacial score (nSPS) is 40.0. The van der Waals surface area contributed by atoms with Gasteiger partial charge in [-0.25, -0.2) is 4.79 Å². The van der Waals surface area contributed by atoms with Crippen molar-refractivity contribution in [1.29, 1.82) is 0 Å². The zero-order chi connectivity index (χ0) is 26.4. The van der Waals surface area contributed by atoms with Crippen molar-refractivity contribution in [2.75, 3.05) is 33.4 Å². The van der Waals surface area contributed by atoms with Crippen LogP contribution >= 0.6 is 0 Å². The van der Waals surface area contributed by atoms with E-state index in [1.54, 1.807) is 6.92 Å². The Balaban J connectivity index is 1.13. The van der Waals surface area contributed by atoms with E-state index in [0.29, 0.717) is 37.0 Å². The predicted octanol–water partition coefficient (Wildman–Crippen LogP) is 3.53. The predicted molar refractivity (Wildman–Crippen MR) is 131 cm³/mol. The molecule has 6 aliphatic rings. The molecule has 4 aliphatic carbocycles. The van der Waals surface area contributed by atoms with E-state index in [-0.39, 0.29) is 55.9 Å². The fourth-order valence-corrected chi connectivity index (χ4v) is 7.33. The molecule has 0 aromatic carbocycles. The highest BCUT2D eigenvalue weighted by molar-refractivity contribution is 5.87. The van der Waals surface area contributed by atoms with Gasteiger partial charge in [0.15, 0.2) is 6.10 Å². The molecular formula is C28H42O9. The number of carbonyl (C=O) groups excluding carboxylic acids is 2. The molecule has 6 fully saturated rings. The Morgan fingerprint density at radius 3 is 2.24 bits per heavy atom. The van der Waals surface area contributed by atoms with Gasteiger partial charge in [-0.15, -0.1) is 0 Å². The van der Waals surface area contributed by atoms with Crippen molar-refractivity contribution in [3.63, 3.8) is 0 Å². The number of rotatable bonds is 10. The number of fused-ring (bicyclic) bond motifs is 1. The number of esters is 2. The van der Waals surface area contributed by atoms with Crippen LogP contribution in [0.15, 0.2) is 12.2 Å². The van der Waals surface area contributed by atoms with Crippen molar-refractivity contribution >= 4 is 11.9 Å². The van der Waals surface area contributed by atoms with Crippen LogP contribution in [0.5, 0.6) is 0 Å². The fourth-order valence-electron chi connectivity index (χ4n) is 7.33. The van der Waals surface area contributed by atoms with Gasteiger partial charge in [0.25, 0.3) is 0 Å². The number of ether oxygens (including phenoxy) is 7. The molecule has 208 valence electrons. The minimum absolute atomic E-state index is 0.0755. The van der Waals surface area contributed by atoms with Crippen LogP contribution in [-0.4, -0.2) is 75.4 Å². The summed E-state index contributed by atoms with van der Waals surface area (Å²) in [6, 6.07) is 0. The van der Waals surface area contributed by atoms with Gasteiger partial charge < -0.3 is 33.2 Å². The van der Waals surface area contributed by atoms with E-state index in [4.69, 9.17) is 33.2 Å². The third-order valence-electron chi connectivity index (χ3n) is 8.39. The van der Waals surface area contributed by atoms with Gasteiger partial charge in [-0.2, -0.15) is 0 Å². The first kappa shape index (κ1) is 27.1. The van der Waals surface area contributed by atoms with Crippen LogP contribution in [0.1, 0.15) is 66.2 Å². The van der Waals surface area contributed by atoms with E-state index in [9.17, 15) is 9.59 Å². The topological polar surface area (TPSA) is 98.8 Å². The molecule has 37 heavy (non-hydrogen) atoms.